The summed E-state index contributed by atoms with van der Waals surface area (Å²) in [7, 11) is 5.06. The van der Waals surface area contributed by atoms with E-state index in [1.54, 1.807) is 14.2 Å². The maximum Gasteiger partial charge on any atom is 0.344 e. The molecule has 1 heterocycles. The molecule has 0 radical (unpaired) electrons. The smallest absolute Gasteiger partial charge is 0.344 e. The van der Waals surface area contributed by atoms with Gasteiger partial charge in [0, 0.05) is 25.1 Å². The van der Waals surface area contributed by atoms with E-state index >= 15 is 0 Å². The summed E-state index contributed by atoms with van der Waals surface area (Å²) in [5.74, 6) is 0.579. The molecule has 1 aromatic carbocycles. The molecule has 30 heavy (non-hydrogen) atoms. The molecule has 1 saturated heterocycles. The Morgan fingerprint density at radius 1 is 1.20 bits per heavy atom. The molecule has 2 aliphatic rings. The fourth-order valence-electron chi connectivity index (χ4n) is 4.14. The van der Waals surface area contributed by atoms with Crippen molar-refractivity contribution in [2.24, 2.45) is 0 Å². The number of nitrogens with zero attached hydrogens (tertiary/aromatic N) is 2. The van der Waals surface area contributed by atoms with Crippen LogP contribution in [0.25, 0.3) is 0 Å². The predicted octanol–water partition coefficient (Wildman–Crippen LogP) is 1.81. The molecule has 0 unspecified atom stereocenters. The second-order valence-electron chi connectivity index (χ2n) is 7.89. The molecule has 1 saturated carbocycles. The van der Waals surface area contributed by atoms with Gasteiger partial charge in [-0.05, 0) is 26.0 Å². The van der Waals surface area contributed by atoms with Crippen molar-refractivity contribution >= 4 is 17.8 Å². The van der Waals surface area contributed by atoms with Crippen molar-refractivity contribution in [3.05, 3.63) is 23.8 Å². The molecule has 4 amide bonds. The maximum atomic E-state index is 12.7. The van der Waals surface area contributed by atoms with Crippen LogP contribution in [0.1, 0.15) is 44.1 Å². The topological polar surface area (TPSA) is 100 Å². The number of carbonyl (C=O) groups excluding carboxylic acids is 3. The molecule has 1 aliphatic heterocycles. The first-order valence-corrected chi connectivity index (χ1v) is 10.2. The Balaban J connectivity index is 1.52. The Morgan fingerprint density at radius 2 is 1.93 bits per heavy atom. The molecule has 9 heteroatoms. The van der Waals surface area contributed by atoms with Crippen LogP contribution in [-0.4, -0.2) is 61.1 Å². The number of hydrogen-bond acceptors (Lipinski definition) is 6. The van der Waals surface area contributed by atoms with E-state index < -0.39 is 11.6 Å². The summed E-state index contributed by atoms with van der Waals surface area (Å²) in [6, 6.07) is 5.10. The van der Waals surface area contributed by atoms with Gasteiger partial charge < -0.3 is 19.7 Å². The zero-order valence-electron chi connectivity index (χ0n) is 17.8. The predicted molar refractivity (Wildman–Crippen MR) is 110 cm³/mol. The minimum absolute atomic E-state index is 0.146. The average Bonchev–Trinajstić information content (AvgIpc) is 2.96. The highest BCUT2D eigenvalue weighted by Gasteiger charge is 2.52. The number of ether oxygens (including phenoxy) is 2. The lowest BCUT2D eigenvalue weighted by atomic mass is 9.82. The zero-order valence-corrected chi connectivity index (χ0v) is 17.8. The van der Waals surface area contributed by atoms with Crippen molar-refractivity contribution in [3.8, 4) is 11.5 Å². The molecule has 0 atom stereocenters. The number of rotatable bonds is 8. The fraction of sp³-hybridized carbons (Fsp3) is 0.571. The minimum Gasteiger partial charge on any atom is -0.493 e. The number of carbonyl (C=O) groups is 3. The van der Waals surface area contributed by atoms with Crippen LogP contribution >= 0.6 is 0 Å². The molecule has 3 rings (SSSR count). The van der Waals surface area contributed by atoms with Crippen molar-refractivity contribution in [1.82, 2.24) is 20.7 Å². The van der Waals surface area contributed by atoms with Crippen LogP contribution in [0.4, 0.5) is 4.79 Å². The Hall–Kier alpha value is -2.81. The summed E-state index contributed by atoms with van der Waals surface area (Å²) in [5, 5.41) is 3.63. The molecule has 164 valence electrons. The van der Waals surface area contributed by atoms with Crippen LogP contribution in [0.3, 0.4) is 0 Å². The number of hydrazine groups is 1. The first-order chi connectivity index (χ1) is 14.4. The lowest BCUT2D eigenvalue weighted by molar-refractivity contribution is -0.140. The lowest BCUT2D eigenvalue weighted by Crippen LogP contribution is -2.51. The number of urea groups is 1. The summed E-state index contributed by atoms with van der Waals surface area (Å²) in [6.45, 7) is 1.00. The average molecular weight is 418 g/mol. The molecular weight excluding hydrogens is 388 g/mol. The van der Waals surface area contributed by atoms with Crippen molar-refractivity contribution in [3.63, 3.8) is 0 Å². The third kappa shape index (κ3) is 4.51. The van der Waals surface area contributed by atoms with Crippen molar-refractivity contribution < 1.29 is 23.9 Å². The van der Waals surface area contributed by atoms with Crippen LogP contribution in [0.5, 0.6) is 11.5 Å². The van der Waals surface area contributed by atoms with Gasteiger partial charge >= 0.3 is 6.03 Å². The third-order valence-electron chi connectivity index (χ3n) is 5.75. The summed E-state index contributed by atoms with van der Waals surface area (Å²) >= 11 is 0. The van der Waals surface area contributed by atoms with Gasteiger partial charge in [-0.15, -0.1) is 0 Å². The maximum absolute atomic E-state index is 12.7. The molecule has 1 aromatic rings. The van der Waals surface area contributed by atoms with Gasteiger partial charge in [-0.2, -0.15) is 5.01 Å². The summed E-state index contributed by atoms with van der Waals surface area (Å²) in [5.41, 5.74) is 2.56. The van der Waals surface area contributed by atoms with Crippen molar-refractivity contribution in [1.29, 1.82) is 0 Å². The van der Waals surface area contributed by atoms with Gasteiger partial charge in [0.25, 0.3) is 5.91 Å². The molecule has 1 spiro atoms. The lowest BCUT2D eigenvalue weighted by Gasteiger charge is -2.30. The Morgan fingerprint density at radius 3 is 2.60 bits per heavy atom. The van der Waals surface area contributed by atoms with E-state index in [1.165, 1.54) is 0 Å². The van der Waals surface area contributed by atoms with E-state index in [2.05, 4.69) is 10.7 Å². The van der Waals surface area contributed by atoms with Crippen LogP contribution < -0.4 is 20.2 Å². The number of para-hydroxylation sites is 1. The fourth-order valence-corrected chi connectivity index (χ4v) is 4.14. The number of imide groups is 1. The Bertz CT molecular complexity index is 807. The van der Waals surface area contributed by atoms with Crippen LogP contribution in [-0.2, 0) is 16.1 Å². The van der Waals surface area contributed by atoms with Crippen LogP contribution in [0, 0.1) is 0 Å². The van der Waals surface area contributed by atoms with Gasteiger partial charge in [-0.25, -0.2) is 4.79 Å². The molecular formula is C21H30N4O5. The van der Waals surface area contributed by atoms with E-state index in [0.29, 0.717) is 37.4 Å². The second-order valence-corrected chi connectivity index (χ2v) is 7.89. The molecule has 1 aliphatic carbocycles. The van der Waals surface area contributed by atoms with Gasteiger partial charge in [-0.1, -0.05) is 31.4 Å². The monoisotopic (exact) mass is 418 g/mol. The zero-order chi connectivity index (χ0) is 21.7. The molecule has 0 aromatic heterocycles. The van der Waals surface area contributed by atoms with Crippen molar-refractivity contribution in [2.45, 2.75) is 50.6 Å². The normalized spacial score (nSPS) is 17.9. The number of amides is 4. The van der Waals surface area contributed by atoms with Crippen LogP contribution in [0.2, 0.25) is 0 Å². The quantitative estimate of drug-likeness (QED) is 0.625. The number of hydrogen-bond donors (Lipinski definition) is 2. The first kappa shape index (κ1) is 21.9. The van der Waals surface area contributed by atoms with E-state index in [-0.39, 0.29) is 18.2 Å². The highest BCUT2D eigenvalue weighted by atomic mass is 16.5. The van der Waals surface area contributed by atoms with Gasteiger partial charge in [0.15, 0.2) is 11.5 Å². The standard InChI is InChI=1S/C21H30N4O5/c1-24(14-15-8-7-9-16(29-2)18(15)30-3)13-10-17(26)23-25-19(27)21(22-20(25)28)11-5-4-6-12-21/h7-9H,4-6,10-14H2,1-3H3,(H,22,28)(H,23,26). The van der Waals surface area contributed by atoms with Gasteiger partial charge in [-0.3, -0.25) is 15.0 Å². The largest absolute Gasteiger partial charge is 0.493 e. The second kappa shape index (κ2) is 9.34. The number of nitrogens with one attached hydrogen (secondary N) is 2. The van der Waals surface area contributed by atoms with E-state index in [4.69, 9.17) is 9.47 Å². The van der Waals surface area contributed by atoms with Crippen LogP contribution in [0.15, 0.2) is 18.2 Å². The number of methoxy groups -OCH3 is 2. The molecule has 9 nitrogen and oxygen atoms in total. The molecule has 2 fully saturated rings. The highest BCUT2D eigenvalue weighted by molar-refractivity contribution is 6.08. The minimum atomic E-state index is -0.845. The summed E-state index contributed by atoms with van der Waals surface area (Å²) < 4.78 is 10.8. The van der Waals surface area contributed by atoms with Gasteiger partial charge in [0.2, 0.25) is 5.91 Å². The number of benzene rings is 1. The van der Waals surface area contributed by atoms with E-state index in [9.17, 15) is 14.4 Å². The first-order valence-electron chi connectivity index (χ1n) is 10.2. The highest BCUT2D eigenvalue weighted by Crippen LogP contribution is 2.33. The van der Waals surface area contributed by atoms with Gasteiger partial charge in [0.1, 0.15) is 5.54 Å². The Kier molecular flexibility index (Phi) is 6.81. The Labute approximate surface area is 176 Å². The van der Waals surface area contributed by atoms with E-state index in [1.807, 2.05) is 30.1 Å². The summed E-state index contributed by atoms with van der Waals surface area (Å²) in [4.78, 5) is 39.3. The third-order valence-corrected chi connectivity index (χ3v) is 5.75. The molecule has 0 bridgehead atoms. The SMILES string of the molecule is COc1cccc(CN(C)CCC(=O)NN2C(=O)NC3(CCCCC3)C2=O)c1OC. The molecule has 2 N–H and O–H groups in total. The van der Waals surface area contributed by atoms with Crippen molar-refractivity contribution in [2.75, 3.05) is 27.8 Å². The van der Waals surface area contributed by atoms with E-state index in [0.717, 1.165) is 29.8 Å². The summed E-state index contributed by atoms with van der Waals surface area (Å²) in [6.07, 6.45) is 4.23. The van der Waals surface area contributed by atoms with Gasteiger partial charge in [0.05, 0.1) is 14.2 Å².